The first kappa shape index (κ1) is 61.8. The van der Waals surface area contributed by atoms with Gasteiger partial charge in [0.2, 0.25) is 0 Å². The van der Waals surface area contributed by atoms with Crippen LogP contribution in [0.3, 0.4) is 0 Å². The van der Waals surface area contributed by atoms with E-state index in [1.54, 1.807) is 70.2 Å². The van der Waals surface area contributed by atoms with Crippen LogP contribution in [0.25, 0.3) is 0 Å². The van der Waals surface area contributed by atoms with Gasteiger partial charge >= 0.3 is 23.9 Å². The zero-order valence-electron chi connectivity index (χ0n) is 47.0. The van der Waals surface area contributed by atoms with Crippen LogP contribution < -0.4 is 9.80 Å². The molecular weight excluding hydrogens is 1200 g/mol. The number of anilines is 6. The number of benzene rings is 8. The van der Waals surface area contributed by atoms with Gasteiger partial charge in [-0.25, -0.2) is 19.2 Å². The van der Waals surface area contributed by atoms with E-state index in [2.05, 4.69) is 52.5 Å². The molecule has 8 aromatic rings. The number of carbonyl (C=O) groups is 6. The lowest BCUT2D eigenvalue weighted by molar-refractivity contribution is -0.141. The molecule has 8 aromatic carbocycles. The molecule has 0 N–H and O–H groups in total. The summed E-state index contributed by atoms with van der Waals surface area (Å²) >= 11 is 6.87. The van der Waals surface area contributed by atoms with Crippen molar-refractivity contribution in [3.8, 4) is 0 Å². The second-order valence-corrected chi connectivity index (χ2v) is 20.4. The molecule has 0 aliphatic carbocycles. The Labute approximate surface area is 502 Å². The van der Waals surface area contributed by atoms with E-state index in [9.17, 15) is 28.8 Å². The molecule has 0 bridgehead atoms. The smallest absolute Gasteiger partial charge is 0.318 e. The van der Waals surface area contributed by atoms with Gasteiger partial charge in [-0.2, -0.15) is 0 Å². The minimum Gasteiger partial charge on any atom is -0.318 e. The average molecular weight is 1250 g/mol. The third kappa shape index (κ3) is 16.9. The van der Waals surface area contributed by atoms with Crippen LogP contribution in [0.4, 0.5) is 34.1 Å². The zero-order valence-corrected chi connectivity index (χ0v) is 50.2. The molecule has 0 atom stereocenters. The van der Waals surface area contributed by atoms with E-state index in [-0.39, 0.29) is 11.6 Å². The summed E-state index contributed by atoms with van der Waals surface area (Å²) in [6.07, 6.45) is 0. The standard InChI is InChI=1S/2C33H28BrN3O5/c1-21(35-41-23(3)38)25-7-15-30(16-8-25)37(31-17-9-26(10-18-31)22(2)36-42-24(4)39)32-19-11-28(12-20-32)33(40)27-5-13-29(34)14-6-27;1-21(35-41-23(3)38)25-9-15-28(16-10-25)37(29-17-11-26(12-18-29)22(2)36-42-24(4)39)30-19-13-27(14-20-30)33(40)31-7-5-6-8-32(31)34/h2*5-20H,1-4H3/b2*35-21+,36-22+. The van der Waals surface area contributed by atoms with Crippen molar-refractivity contribution in [2.24, 2.45) is 20.6 Å². The molecule has 0 aliphatic heterocycles. The van der Waals surface area contributed by atoms with Crippen LogP contribution in [-0.4, -0.2) is 58.3 Å². The molecule has 0 aromatic heterocycles. The number of nitrogens with zero attached hydrogens (tertiary/aromatic N) is 6. The van der Waals surface area contributed by atoms with E-state index in [0.717, 1.165) is 65.3 Å². The first-order valence-corrected chi connectivity index (χ1v) is 27.5. The second kappa shape index (κ2) is 29.3. The Morgan fingerprint density at radius 2 is 0.524 bits per heavy atom. The highest BCUT2D eigenvalue weighted by Gasteiger charge is 2.19. The molecule has 0 unspecified atom stereocenters. The molecule has 0 saturated carbocycles. The van der Waals surface area contributed by atoms with Gasteiger partial charge in [-0.1, -0.05) is 113 Å². The van der Waals surface area contributed by atoms with Gasteiger partial charge in [-0.3, -0.25) is 9.59 Å². The molecule has 84 heavy (non-hydrogen) atoms. The highest BCUT2D eigenvalue weighted by atomic mass is 79.9. The van der Waals surface area contributed by atoms with E-state index < -0.39 is 23.9 Å². The van der Waals surface area contributed by atoms with Crippen molar-refractivity contribution in [3.63, 3.8) is 0 Å². The van der Waals surface area contributed by atoms with Gasteiger partial charge < -0.3 is 29.2 Å². The summed E-state index contributed by atoms with van der Waals surface area (Å²) in [7, 11) is 0. The number of rotatable bonds is 18. The number of oxime groups is 4. The first-order valence-electron chi connectivity index (χ1n) is 26.0. The van der Waals surface area contributed by atoms with E-state index in [4.69, 9.17) is 19.4 Å². The van der Waals surface area contributed by atoms with Crippen molar-refractivity contribution in [2.75, 3.05) is 9.80 Å². The Balaban J connectivity index is 0.000000241. The van der Waals surface area contributed by atoms with Crippen molar-refractivity contribution >= 4 is 124 Å². The van der Waals surface area contributed by atoms with Crippen molar-refractivity contribution < 1.29 is 48.1 Å². The van der Waals surface area contributed by atoms with Crippen LogP contribution in [0, 0.1) is 0 Å². The number of hydrogen-bond acceptors (Lipinski definition) is 16. The Morgan fingerprint density at radius 1 is 0.298 bits per heavy atom. The number of hydrogen-bond donors (Lipinski definition) is 0. The van der Waals surface area contributed by atoms with Crippen LogP contribution in [0.1, 0.15) is 109 Å². The highest BCUT2D eigenvalue weighted by Crippen LogP contribution is 2.37. The van der Waals surface area contributed by atoms with Crippen LogP contribution in [0.15, 0.2) is 224 Å². The van der Waals surface area contributed by atoms with Gasteiger partial charge in [0, 0.05) is 93.0 Å². The van der Waals surface area contributed by atoms with Gasteiger partial charge in [-0.15, -0.1) is 0 Å². The normalized spacial score (nSPS) is 11.5. The molecule has 0 fully saturated rings. The molecule has 0 amide bonds. The first-order chi connectivity index (χ1) is 40.3. The van der Waals surface area contributed by atoms with Gasteiger partial charge in [0.05, 0.1) is 22.8 Å². The van der Waals surface area contributed by atoms with Crippen molar-refractivity contribution in [3.05, 3.63) is 248 Å². The van der Waals surface area contributed by atoms with Gasteiger partial charge in [0.1, 0.15) is 0 Å². The SMILES string of the molecule is CC(=O)O/N=C(\C)c1ccc(N(c2ccc(C(=O)c3ccc(Br)cc3)cc2)c2ccc(/C(C)=N/OC(C)=O)cc2)cc1.CC(=O)O/N=C(\C)c1ccc(N(c2ccc(C(=O)c3ccccc3Br)cc2)c2ccc(/C(C)=N/OC(C)=O)cc2)cc1. The maximum atomic E-state index is 13.2. The third-order valence-corrected chi connectivity index (χ3v) is 13.6. The molecule has 8 rings (SSSR count). The highest BCUT2D eigenvalue weighted by molar-refractivity contribution is 9.10. The van der Waals surface area contributed by atoms with Crippen LogP contribution in [-0.2, 0) is 38.5 Å². The quantitative estimate of drug-likeness (QED) is 0.0342. The summed E-state index contributed by atoms with van der Waals surface area (Å²) in [5.74, 6) is -2.11. The Morgan fingerprint density at radius 3 is 0.774 bits per heavy atom. The van der Waals surface area contributed by atoms with Gasteiger partial charge in [0.25, 0.3) is 0 Å². The Hall–Kier alpha value is -9.78. The zero-order chi connectivity index (χ0) is 60.5. The molecule has 0 radical (unpaired) electrons. The molecule has 424 valence electrons. The number of ketones is 2. The van der Waals surface area contributed by atoms with Crippen molar-refractivity contribution in [1.82, 2.24) is 0 Å². The van der Waals surface area contributed by atoms with Crippen molar-refractivity contribution in [2.45, 2.75) is 55.4 Å². The second-order valence-electron chi connectivity index (χ2n) is 18.6. The minimum absolute atomic E-state index is 0.0700. The molecule has 0 saturated heterocycles. The van der Waals surface area contributed by atoms with Crippen LogP contribution in [0.5, 0.6) is 0 Å². The summed E-state index contributed by atoms with van der Waals surface area (Å²) in [6.45, 7) is 12.2. The average Bonchev–Trinajstić information content (AvgIpc) is 2.75. The fourth-order valence-electron chi connectivity index (χ4n) is 8.14. The number of carbonyl (C=O) groups excluding carboxylic acids is 6. The lowest BCUT2D eigenvalue weighted by atomic mass is 10.0. The topological polar surface area (TPSA) is 195 Å². The minimum atomic E-state index is -0.490. The predicted octanol–water partition coefficient (Wildman–Crippen LogP) is 15.4. The van der Waals surface area contributed by atoms with Crippen LogP contribution >= 0.6 is 31.9 Å². The Bertz CT molecular complexity index is 3660. The molecule has 0 aliphatic rings. The maximum absolute atomic E-state index is 13.2. The summed E-state index contributed by atoms with van der Waals surface area (Å²) in [6, 6.07) is 60.0. The monoisotopic (exact) mass is 1250 g/mol. The summed E-state index contributed by atoms with van der Waals surface area (Å²) in [4.78, 5) is 94.0. The lowest BCUT2D eigenvalue weighted by Crippen LogP contribution is -2.11. The summed E-state index contributed by atoms with van der Waals surface area (Å²) in [5.41, 5.74) is 12.8. The van der Waals surface area contributed by atoms with Gasteiger partial charge in [-0.05, 0) is 183 Å². The predicted molar refractivity (Wildman–Crippen MR) is 333 cm³/mol. The number of halogens is 2. The van der Waals surface area contributed by atoms with Crippen molar-refractivity contribution in [1.29, 1.82) is 0 Å². The van der Waals surface area contributed by atoms with E-state index in [0.29, 0.717) is 45.1 Å². The fourth-order valence-corrected chi connectivity index (χ4v) is 8.86. The van der Waals surface area contributed by atoms with Gasteiger partial charge in [0.15, 0.2) is 11.6 Å². The largest absolute Gasteiger partial charge is 0.331 e. The summed E-state index contributed by atoms with van der Waals surface area (Å²) < 4.78 is 1.64. The van der Waals surface area contributed by atoms with E-state index in [1.165, 1.54) is 27.7 Å². The van der Waals surface area contributed by atoms with E-state index >= 15 is 0 Å². The maximum Gasteiger partial charge on any atom is 0.331 e. The van der Waals surface area contributed by atoms with E-state index in [1.807, 2.05) is 161 Å². The molecule has 0 heterocycles. The molecular formula is C66H56Br2N6O10. The summed E-state index contributed by atoms with van der Waals surface area (Å²) in [5, 5.41) is 15.5. The lowest BCUT2D eigenvalue weighted by Gasteiger charge is -2.26. The molecule has 18 heteroatoms. The molecule has 16 nitrogen and oxygen atoms in total. The Kier molecular flexibility index (Phi) is 21.5. The fraction of sp³-hybridized carbons (Fsp3) is 0.121. The van der Waals surface area contributed by atoms with Crippen LogP contribution in [0.2, 0.25) is 0 Å². The molecule has 0 spiro atoms. The third-order valence-electron chi connectivity index (χ3n) is 12.4.